The van der Waals surface area contributed by atoms with Gasteiger partial charge in [-0.2, -0.15) is 4.68 Å². The number of aromatic nitrogens is 6. The fourth-order valence-corrected chi connectivity index (χ4v) is 2.79. The number of halogens is 1. The molecule has 2 N–H and O–H groups in total. The molecule has 0 saturated heterocycles. The van der Waals surface area contributed by atoms with Gasteiger partial charge in [0.1, 0.15) is 5.03 Å². The standard InChI is InChI=1S/C12H10ClN7S/c1-7-9(14)10(16-11(13)15-7)21-12-17-18-19-20(12)8-5-3-2-4-6-8/h2-6H,14H2,1H3. The summed E-state index contributed by atoms with van der Waals surface area (Å²) in [5, 5.41) is 12.9. The Balaban J connectivity index is 1.99. The Labute approximate surface area is 129 Å². The van der Waals surface area contributed by atoms with Crippen molar-refractivity contribution in [2.45, 2.75) is 17.1 Å². The van der Waals surface area contributed by atoms with Gasteiger partial charge in [0, 0.05) is 0 Å². The molecule has 0 radical (unpaired) electrons. The molecule has 0 aliphatic heterocycles. The lowest BCUT2D eigenvalue weighted by Gasteiger charge is -2.07. The normalized spacial score (nSPS) is 10.8. The van der Waals surface area contributed by atoms with Crippen LogP contribution < -0.4 is 5.73 Å². The van der Waals surface area contributed by atoms with Crippen LogP contribution in [-0.2, 0) is 0 Å². The molecule has 0 aliphatic carbocycles. The molecule has 2 heterocycles. The molecular formula is C12H10ClN7S. The maximum Gasteiger partial charge on any atom is 0.223 e. The number of benzene rings is 1. The first kappa shape index (κ1) is 13.8. The van der Waals surface area contributed by atoms with Crippen LogP contribution in [-0.4, -0.2) is 30.2 Å². The number of aryl methyl sites for hydroxylation is 1. The number of rotatable bonds is 3. The van der Waals surface area contributed by atoms with Crippen LogP contribution >= 0.6 is 23.4 Å². The number of nitrogen functional groups attached to an aromatic ring is 1. The zero-order valence-corrected chi connectivity index (χ0v) is 12.5. The highest BCUT2D eigenvalue weighted by Gasteiger charge is 2.15. The summed E-state index contributed by atoms with van der Waals surface area (Å²) in [6, 6.07) is 9.55. The van der Waals surface area contributed by atoms with E-state index in [9.17, 15) is 0 Å². The van der Waals surface area contributed by atoms with Crippen molar-refractivity contribution in [3.05, 3.63) is 41.3 Å². The van der Waals surface area contributed by atoms with Crippen molar-refractivity contribution in [2.75, 3.05) is 5.73 Å². The van der Waals surface area contributed by atoms with Gasteiger partial charge >= 0.3 is 0 Å². The topological polar surface area (TPSA) is 95.4 Å². The molecule has 3 aromatic rings. The van der Waals surface area contributed by atoms with E-state index in [2.05, 4.69) is 25.5 Å². The molecule has 0 atom stereocenters. The Morgan fingerprint density at radius 1 is 1.19 bits per heavy atom. The van der Waals surface area contributed by atoms with Crippen LogP contribution in [0.2, 0.25) is 5.28 Å². The van der Waals surface area contributed by atoms with Gasteiger partial charge in [0.15, 0.2) is 0 Å². The highest BCUT2D eigenvalue weighted by molar-refractivity contribution is 7.99. The minimum atomic E-state index is 0.142. The average molecular weight is 320 g/mol. The monoisotopic (exact) mass is 319 g/mol. The van der Waals surface area contributed by atoms with Crippen molar-refractivity contribution < 1.29 is 0 Å². The van der Waals surface area contributed by atoms with Gasteiger partial charge in [-0.15, -0.1) is 5.10 Å². The van der Waals surface area contributed by atoms with Crippen molar-refractivity contribution in [3.63, 3.8) is 0 Å². The van der Waals surface area contributed by atoms with E-state index in [4.69, 9.17) is 17.3 Å². The van der Waals surface area contributed by atoms with E-state index >= 15 is 0 Å². The van der Waals surface area contributed by atoms with Crippen LogP contribution in [0.3, 0.4) is 0 Å². The van der Waals surface area contributed by atoms with Crippen molar-refractivity contribution in [1.82, 2.24) is 30.2 Å². The predicted molar refractivity (Wildman–Crippen MR) is 79.5 cm³/mol. The Hall–Kier alpha value is -2.19. The summed E-state index contributed by atoms with van der Waals surface area (Å²) in [4.78, 5) is 8.13. The third-order valence-electron chi connectivity index (χ3n) is 2.70. The van der Waals surface area contributed by atoms with E-state index in [0.717, 1.165) is 5.69 Å². The van der Waals surface area contributed by atoms with E-state index in [1.54, 1.807) is 11.6 Å². The predicted octanol–water partition coefficient (Wildman–Crippen LogP) is 2.15. The number of nitrogens with zero attached hydrogens (tertiary/aromatic N) is 6. The van der Waals surface area contributed by atoms with E-state index < -0.39 is 0 Å². The van der Waals surface area contributed by atoms with E-state index in [1.165, 1.54) is 11.8 Å². The first-order valence-electron chi connectivity index (χ1n) is 5.96. The molecule has 1 aromatic carbocycles. The lowest BCUT2D eigenvalue weighted by molar-refractivity contribution is 0.756. The van der Waals surface area contributed by atoms with Gasteiger partial charge in [-0.25, -0.2) is 9.97 Å². The van der Waals surface area contributed by atoms with Gasteiger partial charge in [0.05, 0.1) is 17.1 Å². The quantitative estimate of drug-likeness (QED) is 0.583. The number of anilines is 1. The lowest BCUT2D eigenvalue weighted by atomic mass is 10.3. The molecule has 9 heteroatoms. The molecule has 0 fully saturated rings. The van der Waals surface area contributed by atoms with Gasteiger partial charge in [-0.05, 0) is 52.8 Å². The van der Waals surface area contributed by atoms with Crippen LogP contribution in [0.15, 0.2) is 40.5 Å². The molecule has 21 heavy (non-hydrogen) atoms. The second-order valence-corrected chi connectivity index (χ2v) is 5.40. The average Bonchev–Trinajstić information content (AvgIpc) is 2.93. The smallest absolute Gasteiger partial charge is 0.223 e. The van der Waals surface area contributed by atoms with Gasteiger partial charge in [0.2, 0.25) is 10.4 Å². The lowest BCUT2D eigenvalue weighted by Crippen LogP contribution is -2.02. The zero-order chi connectivity index (χ0) is 14.8. The molecule has 2 aromatic heterocycles. The second kappa shape index (κ2) is 5.66. The first-order chi connectivity index (χ1) is 10.1. The fourth-order valence-electron chi connectivity index (χ4n) is 1.66. The van der Waals surface area contributed by atoms with Crippen LogP contribution in [0.1, 0.15) is 5.69 Å². The minimum Gasteiger partial charge on any atom is -0.395 e. The highest BCUT2D eigenvalue weighted by Crippen LogP contribution is 2.31. The van der Waals surface area contributed by atoms with Crippen molar-refractivity contribution >= 4 is 29.1 Å². The Kier molecular flexibility index (Phi) is 3.72. The number of para-hydroxylation sites is 1. The molecular weight excluding hydrogens is 310 g/mol. The summed E-state index contributed by atoms with van der Waals surface area (Å²) in [5.41, 5.74) is 7.91. The van der Waals surface area contributed by atoms with E-state index in [-0.39, 0.29) is 5.28 Å². The van der Waals surface area contributed by atoms with E-state index in [1.807, 2.05) is 30.3 Å². The fraction of sp³-hybridized carbons (Fsp3) is 0.0833. The molecule has 3 rings (SSSR count). The number of tetrazole rings is 1. The SMILES string of the molecule is Cc1nc(Cl)nc(Sc2nnnn2-c2ccccc2)c1N. The Morgan fingerprint density at radius 3 is 2.71 bits per heavy atom. The molecule has 0 saturated carbocycles. The van der Waals surface area contributed by atoms with Crippen LogP contribution in [0.25, 0.3) is 5.69 Å². The third kappa shape index (κ3) is 2.81. The number of nitrogens with two attached hydrogens (primary N) is 1. The summed E-state index contributed by atoms with van der Waals surface area (Å²) in [6.45, 7) is 1.77. The second-order valence-electron chi connectivity index (χ2n) is 4.11. The van der Waals surface area contributed by atoms with Crippen molar-refractivity contribution in [1.29, 1.82) is 0 Å². The maximum absolute atomic E-state index is 5.97. The number of hydrogen-bond donors (Lipinski definition) is 1. The summed E-state index contributed by atoms with van der Waals surface area (Å²) in [7, 11) is 0. The Bertz CT molecular complexity index is 775. The van der Waals surface area contributed by atoms with E-state index in [0.29, 0.717) is 21.6 Å². The van der Waals surface area contributed by atoms with Crippen molar-refractivity contribution in [2.24, 2.45) is 0 Å². The molecule has 0 bridgehead atoms. The first-order valence-corrected chi connectivity index (χ1v) is 7.16. The summed E-state index contributed by atoms with van der Waals surface area (Å²) >= 11 is 7.11. The highest BCUT2D eigenvalue weighted by atomic mass is 35.5. The molecule has 0 aliphatic rings. The van der Waals surface area contributed by atoms with Crippen LogP contribution in [0.5, 0.6) is 0 Å². The third-order valence-corrected chi connectivity index (χ3v) is 3.81. The molecule has 7 nitrogen and oxygen atoms in total. The molecule has 0 unspecified atom stereocenters. The van der Waals surface area contributed by atoms with Crippen molar-refractivity contribution in [3.8, 4) is 5.69 Å². The van der Waals surface area contributed by atoms with Crippen LogP contribution in [0, 0.1) is 6.92 Å². The summed E-state index contributed by atoms with van der Waals surface area (Å²) in [5.74, 6) is 0. The largest absolute Gasteiger partial charge is 0.395 e. The molecule has 106 valence electrons. The Morgan fingerprint density at radius 2 is 1.95 bits per heavy atom. The minimum absolute atomic E-state index is 0.142. The van der Waals surface area contributed by atoms with Gasteiger partial charge < -0.3 is 5.73 Å². The maximum atomic E-state index is 5.97. The summed E-state index contributed by atoms with van der Waals surface area (Å²) in [6.07, 6.45) is 0. The molecule has 0 amide bonds. The number of hydrogen-bond acceptors (Lipinski definition) is 7. The zero-order valence-electron chi connectivity index (χ0n) is 10.9. The van der Waals surface area contributed by atoms with Gasteiger partial charge in [-0.3, -0.25) is 0 Å². The van der Waals surface area contributed by atoms with Gasteiger partial charge in [0.25, 0.3) is 0 Å². The van der Waals surface area contributed by atoms with Crippen LogP contribution in [0.4, 0.5) is 5.69 Å². The summed E-state index contributed by atoms with van der Waals surface area (Å²) < 4.78 is 1.61. The molecule has 0 spiro atoms. The van der Waals surface area contributed by atoms with Gasteiger partial charge in [-0.1, -0.05) is 18.2 Å².